The molecule has 0 bridgehead atoms. The SMILES string of the molecule is Cn1c(SCC(=O)N(c2ccccc2)c2ccccc2)nnc1-c1ccccc1Br. The zero-order chi connectivity index (χ0) is 20.9. The molecule has 150 valence electrons. The third kappa shape index (κ3) is 4.32. The first-order chi connectivity index (χ1) is 14.6. The van der Waals surface area contributed by atoms with Crippen LogP contribution >= 0.6 is 27.7 Å². The first-order valence-electron chi connectivity index (χ1n) is 9.35. The highest BCUT2D eigenvalue weighted by molar-refractivity contribution is 9.10. The molecule has 3 aromatic carbocycles. The second-order valence-electron chi connectivity index (χ2n) is 6.53. The van der Waals surface area contributed by atoms with Crippen LogP contribution in [0.5, 0.6) is 0 Å². The molecule has 30 heavy (non-hydrogen) atoms. The summed E-state index contributed by atoms with van der Waals surface area (Å²) in [5, 5.41) is 9.31. The van der Waals surface area contributed by atoms with Gasteiger partial charge in [-0.15, -0.1) is 10.2 Å². The van der Waals surface area contributed by atoms with Crippen LogP contribution in [0.1, 0.15) is 0 Å². The van der Waals surface area contributed by atoms with Gasteiger partial charge in [0, 0.05) is 28.5 Å². The Morgan fingerprint density at radius 2 is 1.47 bits per heavy atom. The molecule has 4 aromatic rings. The zero-order valence-electron chi connectivity index (χ0n) is 16.3. The van der Waals surface area contributed by atoms with Gasteiger partial charge in [0.15, 0.2) is 11.0 Å². The van der Waals surface area contributed by atoms with Crippen molar-refractivity contribution in [3.63, 3.8) is 0 Å². The van der Waals surface area contributed by atoms with Crippen molar-refractivity contribution in [3.8, 4) is 11.4 Å². The van der Waals surface area contributed by atoms with E-state index in [0.717, 1.165) is 27.2 Å². The van der Waals surface area contributed by atoms with Crippen molar-refractivity contribution in [1.82, 2.24) is 14.8 Å². The molecule has 0 unspecified atom stereocenters. The van der Waals surface area contributed by atoms with Crippen molar-refractivity contribution in [2.45, 2.75) is 5.16 Å². The third-order valence-electron chi connectivity index (χ3n) is 4.55. The number of thioether (sulfide) groups is 1. The van der Waals surface area contributed by atoms with Crippen LogP contribution in [0.15, 0.2) is 94.6 Å². The molecule has 4 rings (SSSR count). The van der Waals surface area contributed by atoms with E-state index < -0.39 is 0 Å². The standard InChI is InChI=1S/C23H19BrN4OS/c1-27-22(19-14-8-9-15-20(19)24)25-26-23(27)30-16-21(29)28(17-10-4-2-5-11-17)18-12-6-3-7-13-18/h2-15H,16H2,1H3. The number of benzene rings is 3. The van der Waals surface area contributed by atoms with Gasteiger partial charge in [-0.1, -0.05) is 82.3 Å². The number of para-hydroxylation sites is 2. The van der Waals surface area contributed by atoms with Gasteiger partial charge in [0.1, 0.15) is 0 Å². The third-order valence-corrected chi connectivity index (χ3v) is 6.25. The van der Waals surface area contributed by atoms with E-state index in [0.29, 0.717) is 5.16 Å². The molecule has 1 amide bonds. The van der Waals surface area contributed by atoms with Gasteiger partial charge in [-0.3, -0.25) is 9.69 Å². The molecule has 0 atom stereocenters. The largest absolute Gasteiger partial charge is 0.305 e. The zero-order valence-corrected chi connectivity index (χ0v) is 18.7. The van der Waals surface area contributed by atoms with Gasteiger partial charge in [0.05, 0.1) is 5.75 Å². The molecule has 1 aromatic heterocycles. The lowest BCUT2D eigenvalue weighted by Crippen LogP contribution is -2.27. The fourth-order valence-corrected chi connectivity index (χ4v) is 4.32. The van der Waals surface area contributed by atoms with Crippen molar-refractivity contribution in [1.29, 1.82) is 0 Å². The predicted molar refractivity (Wildman–Crippen MR) is 125 cm³/mol. The first-order valence-corrected chi connectivity index (χ1v) is 11.1. The van der Waals surface area contributed by atoms with Gasteiger partial charge in [-0.25, -0.2) is 0 Å². The second kappa shape index (κ2) is 9.28. The van der Waals surface area contributed by atoms with Crippen molar-refractivity contribution in [2.75, 3.05) is 10.7 Å². The quantitative estimate of drug-likeness (QED) is 0.333. The molecule has 1 heterocycles. The van der Waals surface area contributed by atoms with Gasteiger partial charge in [0.25, 0.3) is 0 Å². The first kappa shape index (κ1) is 20.4. The fraction of sp³-hybridized carbons (Fsp3) is 0.0870. The topological polar surface area (TPSA) is 51.0 Å². The van der Waals surface area contributed by atoms with Gasteiger partial charge < -0.3 is 4.57 Å². The summed E-state index contributed by atoms with van der Waals surface area (Å²) in [4.78, 5) is 14.9. The van der Waals surface area contributed by atoms with Gasteiger partial charge in [-0.05, 0) is 30.3 Å². The minimum atomic E-state index is -0.0251. The van der Waals surface area contributed by atoms with E-state index in [1.807, 2.05) is 96.5 Å². The maximum atomic E-state index is 13.2. The monoisotopic (exact) mass is 478 g/mol. The Bertz CT molecular complexity index is 1110. The van der Waals surface area contributed by atoms with Crippen LogP contribution in [-0.4, -0.2) is 26.4 Å². The fourth-order valence-electron chi connectivity index (χ4n) is 3.10. The average Bonchev–Trinajstić information content (AvgIpc) is 3.14. The maximum absolute atomic E-state index is 13.2. The Morgan fingerprint density at radius 1 is 0.900 bits per heavy atom. The van der Waals surface area contributed by atoms with Gasteiger partial charge >= 0.3 is 0 Å². The summed E-state index contributed by atoms with van der Waals surface area (Å²) in [7, 11) is 1.91. The number of amides is 1. The number of carbonyl (C=O) groups excluding carboxylic acids is 1. The molecule has 0 radical (unpaired) electrons. The minimum absolute atomic E-state index is 0.0251. The minimum Gasteiger partial charge on any atom is -0.305 e. The van der Waals surface area contributed by atoms with E-state index in [1.54, 1.807) is 4.90 Å². The Balaban J connectivity index is 1.56. The number of hydrogen-bond donors (Lipinski definition) is 0. The maximum Gasteiger partial charge on any atom is 0.242 e. The summed E-state index contributed by atoms with van der Waals surface area (Å²) in [6, 6.07) is 27.2. The van der Waals surface area contributed by atoms with Crippen LogP contribution in [-0.2, 0) is 11.8 Å². The Labute approximate surface area is 187 Å². The Kier molecular flexibility index (Phi) is 6.30. The average molecular weight is 479 g/mol. The summed E-state index contributed by atoms with van der Waals surface area (Å²) >= 11 is 4.94. The van der Waals surface area contributed by atoms with Gasteiger partial charge in [0.2, 0.25) is 5.91 Å². The highest BCUT2D eigenvalue weighted by Crippen LogP contribution is 2.30. The molecule has 0 fully saturated rings. The Hall–Kier alpha value is -2.90. The lowest BCUT2D eigenvalue weighted by Gasteiger charge is -2.22. The highest BCUT2D eigenvalue weighted by atomic mass is 79.9. The number of anilines is 2. The van der Waals surface area contributed by atoms with Crippen LogP contribution in [0, 0.1) is 0 Å². The molecule has 0 saturated heterocycles. The van der Waals surface area contributed by atoms with Gasteiger partial charge in [-0.2, -0.15) is 0 Å². The predicted octanol–water partition coefficient (Wildman–Crippen LogP) is 5.70. The molecule has 0 N–H and O–H groups in total. The summed E-state index contributed by atoms with van der Waals surface area (Å²) in [6.45, 7) is 0. The molecule has 0 spiro atoms. The number of rotatable bonds is 6. The van der Waals surface area contributed by atoms with Crippen LogP contribution in [0.2, 0.25) is 0 Å². The highest BCUT2D eigenvalue weighted by Gasteiger charge is 2.20. The number of aromatic nitrogens is 3. The normalized spacial score (nSPS) is 10.7. The number of halogens is 1. The van der Waals surface area contributed by atoms with E-state index >= 15 is 0 Å². The second-order valence-corrected chi connectivity index (χ2v) is 8.33. The molecular formula is C23H19BrN4OS. The molecule has 7 heteroatoms. The lowest BCUT2D eigenvalue weighted by molar-refractivity contribution is -0.115. The van der Waals surface area contributed by atoms with Crippen molar-refractivity contribution in [2.24, 2.45) is 7.05 Å². The van der Waals surface area contributed by atoms with Crippen LogP contribution in [0.4, 0.5) is 11.4 Å². The molecule has 0 saturated carbocycles. The number of carbonyl (C=O) groups is 1. The molecule has 0 aliphatic carbocycles. The van der Waals surface area contributed by atoms with E-state index in [4.69, 9.17) is 0 Å². The van der Waals surface area contributed by atoms with Crippen molar-refractivity contribution >= 4 is 45.0 Å². The van der Waals surface area contributed by atoms with E-state index in [1.165, 1.54) is 11.8 Å². The lowest BCUT2D eigenvalue weighted by atomic mass is 10.2. The summed E-state index contributed by atoms with van der Waals surface area (Å²) in [5.74, 6) is 0.967. The summed E-state index contributed by atoms with van der Waals surface area (Å²) in [6.07, 6.45) is 0. The van der Waals surface area contributed by atoms with E-state index in [-0.39, 0.29) is 11.7 Å². The molecule has 5 nitrogen and oxygen atoms in total. The number of nitrogens with zero attached hydrogens (tertiary/aromatic N) is 4. The van der Waals surface area contributed by atoms with E-state index in [2.05, 4.69) is 26.1 Å². The smallest absolute Gasteiger partial charge is 0.242 e. The molecule has 0 aliphatic rings. The molecular weight excluding hydrogens is 460 g/mol. The molecule has 0 aliphatic heterocycles. The van der Waals surface area contributed by atoms with Crippen LogP contribution in [0.3, 0.4) is 0 Å². The van der Waals surface area contributed by atoms with E-state index in [9.17, 15) is 4.79 Å². The summed E-state index contributed by atoms with van der Waals surface area (Å²) < 4.78 is 2.86. The van der Waals surface area contributed by atoms with Crippen molar-refractivity contribution < 1.29 is 4.79 Å². The van der Waals surface area contributed by atoms with Crippen LogP contribution in [0.25, 0.3) is 11.4 Å². The summed E-state index contributed by atoms with van der Waals surface area (Å²) in [5.41, 5.74) is 2.63. The number of hydrogen-bond acceptors (Lipinski definition) is 4. The van der Waals surface area contributed by atoms with Crippen molar-refractivity contribution in [3.05, 3.63) is 89.4 Å². The Morgan fingerprint density at radius 3 is 2.07 bits per heavy atom. The van der Waals surface area contributed by atoms with Crippen LogP contribution < -0.4 is 4.90 Å².